The minimum absolute atomic E-state index is 0.761. The van der Waals surface area contributed by atoms with Crippen LogP contribution >= 0.6 is 11.6 Å². The number of hydrogen-bond acceptors (Lipinski definition) is 1. The van der Waals surface area contributed by atoms with Gasteiger partial charge in [-0.2, -0.15) is 5.10 Å². The molecule has 3 heteroatoms. The average Bonchev–Trinajstić information content (AvgIpc) is 2.31. The summed E-state index contributed by atoms with van der Waals surface area (Å²) in [6.45, 7) is 2.02. The molecule has 0 N–H and O–H groups in total. The number of unbranched alkanes of at least 4 members (excludes halogenated alkanes) is 1. The van der Waals surface area contributed by atoms with Gasteiger partial charge in [-0.05, 0) is 32.3 Å². The summed E-state index contributed by atoms with van der Waals surface area (Å²) >= 11 is 5.59. The SMILES string of the molecule is Cc1cc(CCCCCl)n(C)n1. The maximum Gasteiger partial charge on any atom is 0.0596 e. The highest BCUT2D eigenvalue weighted by Gasteiger charge is 2.00. The first kappa shape index (κ1) is 9.59. The maximum absolute atomic E-state index is 5.59. The average molecular weight is 187 g/mol. The van der Waals surface area contributed by atoms with E-state index in [-0.39, 0.29) is 0 Å². The number of hydrogen-bond donors (Lipinski definition) is 0. The molecule has 1 aromatic heterocycles. The molecule has 0 atom stereocenters. The molecule has 0 fully saturated rings. The van der Waals surface area contributed by atoms with Gasteiger partial charge in [-0.25, -0.2) is 0 Å². The van der Waals surface area contributed by atoms with Crippen LogP contribution in [0.2, 0.25) is 0 Å². The zero-order valence-electron chi connectivity index (χ0n) is 7.68. The van der Waals surface area contributed by atoms with Crippen molar-refractivity contribution in [2.24, 2.45) is 7.05 Å². The first-order valence-corrected chi connectivity index (χ1v) is 4.83. The van der Waals surface area contributed by atoms with E-state index in [4.69, 9.17) is 11.6 Å². The normalized spacial score (nSPS) is 10.6. The molecule has 0 amide bonds. The van der Waals surface area contributed by atoms with Crippen molar-refractivity contribution >= 4 is 11.6 Å². The number of aryl methyl sites for hydroxylation is 3. The Labute approximate surface area is 78.5 Å². The minimum Gasteiger partial charge on any atom is -0.272 e. The van der Waals surface area contributed by atoms with Gasteiger partial charge in [0.15, 0.2) is 0 Å². The van der Waals surface area contributed by atoms with Crippen LogP contribution in [0.4, 0.5) is 0 Å². The van der Waals surface area contributed by atoms with E-state index in [1.165, 1.54) is 5.69 Å². The fourth-order valence-electron chi connectivity index (χ4n) is 1.30. The molecule has 0 unspecified atom stereocenters. The fraction of sp³-hybridized carbons (Fsp3) is 0.667. The van der Waals surface area contributed by atoms with Crippen molar-refractivity contribution in [1.82, 2.24) is 9.78 Å². The molecule has 0 bridgehead atoms. The molecule has 0 radical (unpaired) electrons. The number of alkyl halides is 1. The summed E-state index contributed by atoms with van der Waals surface area (Å²) in [4.78, 5) is 0. The summed E-state index contributed by atoms with van der Waals surface area (Å²) in [5.74, 6) is 0.761. The van der Waals surface area contributed by atoms with Crippen molar-refractivity contribution in [3.05, 3.63) is 17.5 Å². The molecule has 2 nitrogen and oxygen atoms in total. The van der Waals surface area contributed by atoms with Crippen LogP contribution < -0.4 is 0 Å². The minimum atomic E-state index is 0.761. The number of nitrogens with zero attached hydrogens (tertiary/aromatic N) is 2. The van der Waals surface area contributed by atoms with E-state index >= 15 is 0 Å². The molecule has 0 aliphatic heterocycles. The van der Waals surface area contributed by atoms with Crippen LogP contribution in [-0.2, 0) is 13.5 Å². The van der Waals surface area contributed by atoms with Gasteiger partial charge in [-0.15, -0.1) is 11.6 Å². The predicted octanol–water partition coefficient (Wildman–Crippen LogP) is 2.29. The Morgan fingerprint density at radius 1 is 1.50 bits per heavy atom. The lowest BCUT2D eigenvalue weighted by Crippen LogP contribution is -1.98. The van der Waals surface area contributed by atoms with Crippen LogP contribution in [0.5, 0.6) is 0 Å². The molecule has 0 aromatic carbocycles. The molecular formula is C9H15ClN2. The predicted molar refractivity (Wildman–Crippen MR) is 51.6 cm³/mol. The molecule has 68 valence electrons. The number of halogens is 1. The van der Waals surface area contributed by atoms with E-state index in [0.29, 0.717) is 0 Å². The summed E-state index contributed by atoms with van der Waals surface area (Å²) in [6.07, 6.45) is 3.33. The Kier molecular flexibility index (Phi) is 3.60. The summed E-state index contributed by atoms with van der Waals surface area (Å²) in [5, 5.41) is 4.27. The highest BCUT2D eigenvalue weighted by atomic mass is 35.5. The third-order valence-corrected chi connectivity index (χ3v) is 2.18. The van der Waals surface area contributed by atoms with Crippen LogP contribution in [0.1, 0.15) is 24.2 Å². The van der Waals surface area contributed by atoms with Gasteiger partial charge in [0, 0.05) is 18.6 Å². The van der Waals surface area contributed by atoms with E-state index in [9.17, 15) is 0 Å². The lowest BCUT2D eigenvalue weighted by Gasteiger charge is -1.99. The Bertz CT molecular complexity index is 243. The largest absolute Gasteiger partial charge is 0.272 e. The van der Waals surface area contributed by atoms with Crippen molar-refractivity contribution in [2.45, 2.75) is 26.2 Å². The highest BCUT2D eigenvalue weighted by Crippen LogP contribution is 2.06. The van der Waals surface area contributed by atoms with E-state index in [2.05, 4.69) is 11.2 Å². The lowest BCUT2D eigenvalue weighted by molar-refractivity contribution is 0.674. The van der Waals surface area contributed by atoms with Gasteiger partial charge in [0.1, 0.15) is 0 Å². The van der Waals surface area contributed by atoms with Gasteiger partial charge in [-0.1, -0.05) is 0 Å². The Balaban J connectivity index is 2.45. The third-order valence-electron chi connectivity index (χ3n) is 1.92. The topological polar surface area (TPSA) is 17.8 Å². The van der Waals surface area contributed by atoms with Crippen molar-refractivity contribution in [3.63, 3.8) is 0 Å². The molecule has 0 saturated carbocycles. The van der Waals surface area contributed by atoms with Crippen LogP contribution in [0, 0.1) is 6.92 Å². The second kappa shape index (κ2) is 4.51. The quantitative estimate of drug-likeness (QED) is 0.521. The Hall–Kier alpha value is -0.500. The van der Waals surface area contributed by atoms with Crippen molar-refractivity contribution < 1.29 is 0 Å². The van der Waals surface area contributed by atoms with Gasteiger partial charge in [0.2, 0.25) is 0 Å². The second-order valence-corrected chi connectivity index (χ2v) is 3.42. The second-order valence-electron chi connectivity index (χ2n) is 3.05. The van der Waals surface area contributed by atoms with Gasteiger partial charge >= 0.3 is 0 Å². The summed E-state index contributed by atoms with van der Waals surface area (Å²) in [6, 6.07) is 2.13. The zero-order valence-corrected chi connectivity index (χ0v) is 8.43. The van der Waals surface area contributed by atoms with Gasteiger partial charge in [-0.3, -0.25) is 4.68 Å². The Morgan fingerprint density at radius 3 is 2.75 bits per heavy atom. The summed E-state index contributed by atoms with van der Waals surface area (Å²) in [7, 11) is 1.99. The molecule has 1 heterocycles. The summed E-state index contributed by atoms with van der Waals surface area (Å²) in [5.41, 5.74) is 2.40. The summed E-state index contributed by atoms with van der Waals surface area (Å²) < 4.78 is 1.95. The molecule has 1 rings (SSSR count). The van der Waals surface area contributed by atoms with Crippen LogP contribution in [0.15, 0.2) is 6.07 Å². The standard InChI is InChI=1S/C9H15ClN2/c1-8-7-9(12(2)11-8)5-3-4-6-10/h7H,3-6H2,1-2H3. The zero-order chi connectivity index (χ0) is 8.97. The van der Waals surface area contributed by atoms with Crippen molar-refractivity contribution in [2.75, 3.05) is 5.88 Å². The van der Waals surface area contributed by atoms with E-state index in [1.807, 2.05) is 18.7 Å². The first-order valence-electron chi connectivity index (χ1n) is 4.29. The highest BCUT2D eigenvalue weighted by molar-refractivity contribution is 6.17. The lowest BCUT2D eigenvalue weighted by atomic mass is 10.2. The Morgan fingerprint density at radius 2 is 2.25 bits per heavy atom. The molecule has 0 aliphatic carbocycles. The fourth-order valence-corrected chi connectivity index (χ4v) is 1.49. The number of rotatable bonds is 4. The monoisotopic (exact) mass is 186 g/mol. The van der Waals surface area contributed by atoms with Gasteiger partial charge in [0.05, 0.1) is 5.69 Å². The van der Waals surface area contributed by atoms with Crippen molar-refractivity contribution in [3.8, 4) is 0 Å². The van der Waals surface area contributed by atoms with Crippen LogP contribution in [0.25, 0.3) is 0 Å². The van der Waals surface area contributed by atoms with Crippen LogP contribution in [-0.4, -0.2) is 15.7 Å². The van der Waals surface area contributed by atoms with Gasteiger partial charge in [0.25, 0.3) is 0 Å². The first-order chi connectivity index (χ1) is 5.74. The van der Waals surface area contributed by atoms with Crippen LogP contribution in [0.3, 0.4) is 0 Å². The third kappa shape index (κ3) is 2.52. The molecule has 0 saturated heterocycles. The van der Waals surface area contributed by atoms with E-state index < -0.39 is 0 Å². The maximum atomic E-state index is 5.59. The molecule has 0 spiro atoms. The van der Waals surface area contributed by atoms with E-state index in [1.54, 1.807) is 0 Å². The molecule has 1 aromatic rings. The molecule has 12 heavy (non-hydrogen) atoms. The molecular weight excluding hydrogens is 172 g/mol. The van der Waals surface area contributed by atoms with Crippen molar-refractivity contribution in [1.29, 1.82) is 0 Å². The van der Waals surface area contributed by atoms with E-state index in [0.717, 1.165) is 30.8 Å². The smallest absolute Gasteiger partial charge is 0.0596 e. The molecule has 0 aliphatic rings. The van der Waals surface area contributed by atoms with Gasteiger partial charge < -0.3 is 0 Å². The number of aromatic nitrogens is 2.